The summed E-state index contributed by atoms with van der Waals surface area (Å²) < 4.78 is 0. The molecule has 2 N–H and O–H groups in total. The van der Waals surface area contributed by atoms with Gasteiger partial charge in [-0.15, -0.1) is 0 Å². The number of amides is 2. The van der Waals surface area contributed by atoms with Crippen molar-refractivity contribution in [2.45, 2.75) is 57.4 Å². The predicted octanol–water partition coefficient (Wildman–Crippen LogP) is 2.43. The van der Waals surface area contributed by atoms with Crippen LogP contribution in [0, 0.1) is 5.92 Å². The van der Waals surface area contributed by atoms with E-state index in [1.165, 1.54) is 19.3 Å². The Labute approximate surface area is 117 Å². The van der Waals surface area contributed by atoms with Gasteiger partial charge in [0.15, 0.2) is 0 Å². The normalized spacial score (nSPS) is 32.2. The second kappa shape index (κ2) is 6.12. The van der Waals surface area contributed by atoms with Crippen molar-refractivity contribution < 1.29 is 4.79 Å². The molecule has 0 bridgehead atoms. The van der Waals surface area contributed by atoms with Crippen molar-refractivity contribution in [3.63, 3.8) is 0 Å². The van der Waals surface area contributed by atoms with Crippen molar-refractivity contribution >= 4 is 6.03 Å². The second-order valence-electron chi connectivity index (χ2n) is 6.52. The van der Waals surface area contributed by atoms with E-state index in [9.17, 15) is 4.79 Å². The SMILES string of the molecule is CC1CCCC(CN)(N(C)C(=O)N2CCCCC2)C1. The number of hydrogen-bond donors (Lipinski definition) is 1. The van der Waals surface area contributed by atoms with Gasteiger partial charge in [0.05, 0.1) is 5.54 Å². The highest BCUT2D eigenvalue weighted by atomic mass is 16.2. The lowest BCUT2D eigenvalue weighted by molar-refractivity contribution is 0.0618. The molecule has 1 saturated heterocycles. The third kappa shape index (κ3) is 3.04. The van der Waals surface area contributed by atoms with Crippen LogP contribution in [0.25, 0.3) is 0 Å². The van der Waals surface area contributed by atoms with Crippen LogP contribution in [0.4, 0.5) is 4.79 Å². The van der Waals surface area contributed by atoms with E-state index in [1.54, 1.807) is 0 Å². The largest absolute Gasteiger partial charge is 0.328 e. The lowest BCUT2D eigenvalue weighted by atomic mass is 9.75. The van der Waals surface area contributed by atoms with E-state index in [4.69, 9.17) is 5.73 Å². The summed E-state index contributed by atoms with van der Waals surface area (Å²) in [7, 11) is 1.96. The van der Waals surface area contributed by atoms with E-state index in [-0.39, 0.29) is 11.6 Å². The monoisotopic (exact) mass is 267 g/mol. The van der Waals surface area contributed by atoms with Gasteiger partial charge >= 0.3 is 6.03 Å². The van der Waals surface area contributed by atoms with Crippen LogP contribution in [0.15, 0.2) is 0 Å². The molecule has 0 aromatic carbocycles. The molecule has 110 valence electrons. The standard InChI is InChI=1S/C15H29N3O/c1-13-7-6-8-15(11-13,12-16)17(2)14(19)18-9-4-3-5-10-18/h13H,3-12,16H2,1-2H3. The Bertz CT molecular complexity index is 315. The van der Waals surface area contributed by atoms with E-state index in [2.05, 4.69) is 6.92 Å². The van der Waals surface area contributed by atoms with Crippen LogP contribution in [0.5, 0.6) is 0 Å². The van der Waals surface area contributed by atoms with Crippen molar-refractivity contribution in [1.29, 1.82) is 0 Å². The summed E-state index contributed by atoms with van der Waals surface area (Å²) in [6, 6.07) is 0.194. The van der Waals surface area contributed by atoms with Gasteiger partial charge in [0, 0.05) is 26.7 Å². The summed E-state index contributed by atoms with van der Waals surface area (Å²) in [6.45, 7) is 4.70. The minimum absolute atomic E-state index is 0.105. The van der Waals surface area contributed by atoms with Gasteiger partial charge in [-0.25, -0.2) is 4.79 Å². The molecule has 2 amide bonds. The molecule has 19 heavy (non-hydrogen) atoms. The summed E-state index contributed by atoms with van der Waals surface area (Å²) in [5.41, 5.74) is 5.95. The Balaban J connectivity index is 2.06. The second-order valence-corrected chi connectivity index (χ2v) is 6.52. The number of urea groups is 1. The molecule has 2 fully saturated rings. The van der Waals surface area contributed by atoms with Gasteiger partial charge in [0.1, 0.15) is 0 Å². The fourth-order valence-electron chi connectivity index (χ4n) is 3.76. The predicted molar refractivity (Wildman–Crippen MR) is 78.0 cm³/mol. The zero-order valence-corrected chi connectivity index (χ0v) is 12.5. The number of piperidine rings is 1. The molecule has 4 heteroatoms. The average Bonchev–Trinajstić information content (AvgIpc) is 2.46. The van der Waals surface area contributed by atoms with E-state index in [0.717, 1.165) is 38.8 Å². The Hall–Kier alpha value is -0.770. The minimum atomic E-state index is -0.105. The quantitative estimate of drug-likeness (QED) is 0.835. The molecular weight excluding hydrogens is 238 g/mol. The molecule has 1 saturated carbocycles. The Morgan fingerprint density at radius 3 is 2.58 bits per heavy atom. The van der Waals surface area contributed by atoms with Gasteiger partial charge in [0.2, 0.25) is 0 Å². The summed E-state index contributed by atoms with van der Waals surface area (Å²) >= 11 is 0. The molecule has 0 radical (unpaired) electrons. The first kappa shape index (κ1) is 14.6. The molecule has 0 spiro atoms. The van der Waals surface area contributed by atoms with Crippen LogP contribution in [-0.4, -0.2) is 48.1 Å². The Morgan fingerprint density at radius 2 is 2.00 bits per heavy atom. The number of carbonyl (C=O) groups is 1. The first-order valence-electron chi connectivity index (χ1n) is 7.82. The molecule has 0 aromatic heterocycles. The number of nitrogens with two attached hydrogens (primary N) is 1. The number of rotatable bonds is 2. The topological polar surface area (TPSA) is 49.6 Å². The van der Waals surface area contributed by atoms with Crippen molar-refractivity contribution in [2.24, 2.45) is 11.7 Å². The van der Waals surface area contributed by atoms with Crippen LogP contribution in [0.2, 0.25) is 0 Å². The van der Waals surface area contributed by atoms with Crippen molar-refractivity contribution in [3.8, 4) is 0 Å². The van der Waals surface area contributed by atoms with Gasteiger partial charge in [0.25, 0.3) is 0 Å². The zero-order valence-electron chi connectivity index (χ0n) is 12.5. The van der Waals surface area contributed by atoms with E-state index >= 15 is 0 Å². The number of likely N-dealkylation sites (N-methyl/N-ethyl adjacent to an activating group) is 1. The summed E-state index contributed by atoms with van der Waals surface area (Å²) in [5.74, 6) is 0.675. The van der Waals surface area contributed by atoms with Gasteiger partial charge < -0.3 is 15.5 Å². The molecular formula is C15H29N3O. The molecule has 2 atom stereocenters. The Kier molecular flexibility index (Phi) is 4.71. The van der Waals surface area contributed by atoms with Crippen LogP contribution >= 0.6 is 0 Å². The van der Waals surface area contributed by atoms with Gasteiger partial charge in [-0.3, -0.25) is 0 Å². The fourth-order valence-corrected chi connectivity index (χ4v) is 3.76. The summed E-state index contributed by atoms with van der Waals surface area (Å²) in [5, 5.41) is 0. The highest BCUT2D eigenvalue weighted by molar-refractivity contribution is 5.75. The molecule has 4 nitrogen and oxygen atoms in total. The average molecular weight is 267 g/mol. The number of likely N-dealkylation sites (tertiary alicyclic amines) is 1. The first-order valence-corrected chi connectivity index (χ1v) is 7.82. The molecule has 1 aliphatic heterocycles. The van der Waals surface area contributed by atoms with Gasteiger partial charge in [-0.2, -0.15) is 0 Å². The first-order chi connectivity index (χ1) is 9.09. The molecule has 0 aromatic rings. The zero-order chi connectivity index (χ0) is 13.9. The van der Waals surface area contributed by atoms with Gasteiger partial charge in [-0.1, -0.05) is 19.8 Å². The number of nitrogens with zero attached hydrogens (tertiary/aromatic N) is 2. The molecule has 2 aliphatic rings. The molecule has 1 heterocycles. The third-order valence-corrected chi connectivity index (χ3v) is 5.07. The highest BCUT2D eigenvalue weighted by Gasteiger charge is 2.40. The summed E-state index contributed by atoms with van der Waals surface area (Å²) in [6.07, 6.45) is 8.12. The summed E-state index contributed by atoms with van der Waals surface area (Å²) in [4.78, 5) is 16.6. The molecule has 2 rings (SSSR count). The third-order valence-electron chi connectivity index (χ3n) is 5.07. The smallest absolute Gasteiger partial charge is 0.320 e. The van der Waals surface area contributed by atoms with E-state index in [1.807, 2.05) is 16.8 Å². The lowest BCUT2D eigenvalue weighted by Gasteiger charge is -2.47. The van der Waals surface area contributed by atoms with Crippen molar-refractivity contribution in [1.82, 2.24) is 9.80 Å². The number of carbonyl (C=O) groups excluding carboxylic acids is 1. The van der Waals surface area contributed by atoms with Crippen molar-refractivity contribution in [2.75, 3.05) is 26.7 Å². The number of hydrogen-bond acceptors (Lipinski definition) is 2. The molecule has 1 aliphatic carbocycles. The maximum absolute atomic E-state index is 12.7. The van der Waals surface area contributed by atoms with Crippen LogP contribution in [0.1, 0.15) is 51.9 Å². The van der Waals surface area contributed by atoms with Crippen LogP contribution in [-0.2, 0) is 0 Å². The lowest BCUT2D eigenvalue weighted by Crippen LogP contribution is -2.60. The van der Waals surface area contributed by atoms with E-state index < -0.39 is 0 Å². The Morgan fingerprint density at radius 1 is 1.32 bits per heavy atom. The van der Waals surface area contributed by atoms with Crippen LogP contribution < -0.4 is 5.73 Å². The van der Waals surface area contributed by atoms with Crippen molar-refractivity contribution in [3.05, 3.63) is 0 Å². The highest BCUT2D eigenvalue weighted by Crippen LogP contribution is 2.36. The van der Waals surface area contributed by atoms with E-state index in [0.29, 0.717) is 12.5 Å². The maximum Gasteiger partial charge on any atom is 0.320 e. The molecule has 2 unspecified atom stereocenters. The maximum atomic E-state index is 12.7. The van der Waals surface area contributed by atoms with Gasteiger partial charge in [-0.05, 0) is 38.0 Å². The minimum Gasteiger partial charge on any atom is -0.328 e. The van der Waals surface area contributed by atoms with Crippen LogP contribution in [0.3, 0.4) is 0 Å². The fraction of sp³-hybridized carbons (Fsp3) is 0.933.